The van der Waals surface area contributed by atoms with E-state index in [0.29, 0.717) is 11.4 Å². The molecule has 0 saturated heterocycles. The molecule has 0 atom stereocenters. The number of nitrogens with zero attached hydrogens (tertiary/aromatic N) is 1. The van der Waals surface area contributed by atoms with Crippen molar-refractivity contribution in [1.82, 2.24) is 0 Å². The Morgan fingerprint density at radius 1 is 0.800 bits per heavy atom. The van der Waals surface area contributed by atoms with Crippen LogP contribution in [0.15, 0.2) is 82.2 Å². The van der Waals surface area contributed by atoms with Gasteiger partial charge in [-0.3, -0.25) is 4.31 Å². The summed E-state index contributed by atoms with van der Waals surface area (Å²) in [6.07, 6.45) is 0.756. The molecule has 25 heavy (non-hydrogen) atoms. The van der Waals surface area contributed by atoms with Crippen molar-refractivity contribution >= 4 is 31.6 Å². The Hall–Kier alpha value is -2.11. The summed E-state index contributed by atoms with van der Waals surface area (Å²) < 4.78 is 28.5. The number of para-hydroxylation sites is 1. The number of benzene rings is 3. The number of rotatable bonds is 3. The van der Waals surface area contributed by atoms with Gasteiger partial charge < -0.3 is 0 Å². The number of hydrogen-bond acceptors (Lipinski definition) is 2. The van der Waals surface area contributed by atoms with Crippen molar-refractivity contribution in [1.29, 1.82) is 0 Å². The minimum absolute atomic E-state index is 0.324. The summed E-state index contributed by atoms with van der Waals surface area (Å²) in [7, 11) is -3.53. The number of fused-ring (bicyclic) bond motifs is 1. The number of halogens is 1. The summed E-state index contributed by atoms with van der Waals surface area (Å²) in [5.41, 5.74) is 3.92. The van der Waals surface area contributed by atoms with Crippen molar-refractivity contribution < 1.29 is 8.42 Å². The van der Waals surface area contributed by atoms with E-state index in [1.54, 1.807) is 12.1 Å². The zero-order chi connectivity index (χ0) is 17.4. The summed E-state index contributed by atoms with van der Waals surface area (Å²) >= 11 is 3.42. The molecule has 1 heterocycles. The maximum absolute atomic E-state index is 13.0. The van der Waals surface area contributed by atoms with Crippen molar-refractivity contribution in [2.75, 3.05) is 10.8 Å². The number of hydrogen-bond donors (Lipinski definition) is 0. The van der Waals surface area contributed by atoms with Crippen LogP contribution < -0.4 is 4.31 Å². The fourth-order valence-corrected chi connectivity index (χ4v) is 4.91. The first-order chi connectivity index (χ1) is 12.1. The second-order valence-corrected chi connectivity index (χ2v) is 8.77. The van der Waals surface area contributed by atoms with Gasteiger partial charge in [0.15, 0.2) is 0 Å². The molecule has 0 aliphatic carbocycles. The molecular formula is C20H16BrNO2S. The predicted molar refractivity (Wildman–Crippen MR) is 104 cm³/mol. The molecule has 0 N–H and O–H groups in total. The number of anilines is 1. The number of sulfonamides is 1. The molecule has 0 amide bonds. The second-order valence-electron chi connectivity index (χ2n) is 5.99. The van der Waals surface area contributed by atoms with Gasteiger partial charge in [-0.15, -0.1) is 0 Å². The van der Waals surface area contributed by atoms with Crippen molar-refractivity contribution in [3.05, 3.63) is 82.8 Å². The van der Waals surface area contributed by atoms with E-state index in [4.69, 9.17) is 0 Å². The molecule has 4 rings (SSSR count). The Morgan fingerprint density at radius 3 is 2.08 bits per heavy atom. The molecule has 126 valence electrons. The van der Waals surface area contributed by atoms with Crippen LogP contribution in [0.1, 0.15) is 5.56 Å². The highest BCUT2D eigenvalue weighted by Crippen LogP contribution is 2.33. The highest BCUT2D eigenvalue weighted by molar-refractivity contribution is 9.10. The topological polar surface area (TPSA) is 37.4 Å². The standard InChI is InChI=1S/C20H16BrNO2S/c21-18-9-5-15(6-10-18)16-7-11-19(12-8-16)25(23,24)22-14-13-17-3-1-2-4-20(17)22/h1-12H,13-14H2. The normalized spacial score (nSPS) is 13.7. The maximum Gasteiger partial charge on any atom is 0.264 e. The lowest BCUT2D eigenvalue weighted by Gasteiger charge is -2.19. The Bertz CT molecular complexity index is 1010. The van der Waals surface area contributed by atoms with Gasteiger partial charge in [-0.2, -0.15) is 0 Å². The van der Waals surface area contributed by atoms with Crippen molar-refractivity contribution in [2.24, 2.45) is 0 Å². The van der Waals surface area contributed by atoms with Crippen LogP contribution in [-0.4, -0.2) is 15.0 Å². The van der Waals surface area contributed by atoms with Crippen LogP contribution in [0.25, 0.3) is 11.1 Å². The lowest BCUT2D eigenvalue weighted by molar-refractivity contribution is 0.592. The van der Waals surface area contributed by atoms with Gasteiger partial charge in [-0.1, -0.05) is 58.4 Å². The molecule has 0 spiro atoms. The first-order valence-electron chi connectivity index (χ1n) is 8.02. The molecule has 0 radical (unpaired) electrons. The molecule has 1 aliphatic heterocycles. The monoisotopic (exact) mass is 413 g/mol. The molecule has 3 nitrogen and oxygen atoms in total. The molecule has 1 aliphatic rings. The van der Waals surface area contributed by atoms with Crippen LogP contribution >= 0.6 is 15.9 Å². The fourth-order valence-electron chi connectivity index (χ4n) is 3.15. The van der Waals surface area contributed by atoms with Gasteiger partial charge in [-0.05, 0) is 53.4 Å². The van der Waals surface area contributed by atoms with Gasteiger partial charge in [0.05, 0.1) is 10.6 Å². The quantitative estimate of drug-likeness (QED) is 0.614. The Kier molecular flexibility index (Phi) is 4.13. The van der Waals surface area contributed by atoms with Crippen LogP contribution in [0.3, 0.4) is 0 Å². The third kappa shape index (κ3) is 2.98. The summed E-state index contributed by atoms with van der Waals surface area (Å²) in [6.45, 7) is 0.496. The highest BCUT2D eigenvalue weighted by Gasteiger charge is 2.30. The minimum Gasteiger partial charge on any atom is -0.266 e. The summed E-state index contributed by atoms with van der Waals surface area (Å²) in [5.74, 6) is 0. The zero-order valence-corrected chi connectivity index (χ0v) is 15.8. The van der Waals surface area contributed by atoms with Crippen molar-refractivity contribution in [2.45, 2.75) is 11.3 Å². The van der Waals surface area contributed by atoms with Crippen LogP contribution in [-0.2, 0) is 16.4 Å². The molecule has 0 aromatic heterocycles. The van der Waals surface area contributed by atoms with E-state index in [1.165, 1.54) is 4.31 Å². The average molecular weight is 414 g/mol. The van der Waals surface area contributed by atoms with Gasteiger partial charge in [-0.25, -0.2) is 8.42 Å². The lowest BCUT2D eigenvalue weighted by atomic mass is 10.1. The lowest BCUT2D eigenvalue weighted by Crippen LogP contribution is -2.29. The SMILES string of the molecule is O=S(=O)(c1ccc(-c2ccc(Br)cc2)cc1)N1CCc2ccccc21. The largest absolute Gasteiger partial charge is 0.266 e. The van der Waals surface area contributed by atoms with E-state index >= 15 is 0 Å². The Balaban J connectivity index is 1.67. The fraction of sp³-hybridized carbons (Fsp3) is 0.100. The molecule has 3 aromatic rings. The summed E-state index contributed by atoms with van der Waals surface area (Å²) in [5, 5.41) is 0. The summed E-state index contributed by atoms with van der Waals surface area (Å²) in [4.78, 5) is 0.324. The smallest absolute Gasteiger partial charge is 0.264 e. The molecule has 0 saturated carbocycles. The zero-order valence-electron chi connectivity index (χ0n) is 13.4. The van der Waals surface area contributed by atoms with E-state index in [1.807, 2.05) is 60.7 Å². The van der Waals surface area contributed by atoms with Crippen molar-refractivity contribution in [3.63, 3.8) is 0 Å². The van der Waals surface area contributed by atoms with Gasteiger partial charge in [0.1, 0.15) is 0 Å². The van der Waals surface area contributed by atoms with Crippen molar-refractivity contribution in [3.8, 4) is 11.1 Å². The van der Waals surface area contributed by atoms with E-state index < -0.39 is 10.0 Å². The molecule has 3 aromatic carbocycles. The highest BCUT2D eigenvalue weighted by atomic mass is 79.9. The molecule has 5 heteroatoms. The van der Waals surface area contributed by atoms with Gasteiger partial charge in [0, 0.05) is 11.0 Å². The molecular weight excluding hydrogens is 398 g/mol. The summed E-state index contributed by atoms with van der Waals surface area (Å²) in [6, 6.07) is 22.7. The molecule has 0 unspecified atom stereocenters. The Morgan fingerprint density at radius 2 is 1.40 bits per heavy atom. The van der Waals surface area contributed by atoms with Crippen LogP contribution in [0, 0.1) is 0 Å². The third-order valence-corrected chi connectivity index (χ3v) is 6.82. The van der Waals surface area contributed by atoms with Crippen LogP contribution in [0.5, 0.6) is 0 Å². The van der Waals surface area contributed by atoms with E-state index in [9.17, 15) is 8.42 Å². The molecule has 0 fully saturated rings. The van der Waals surface area contributed by atoms with E-state index in [2.05, 4.69) is 15.9 Å². The maximum atomic E-state index is 13.0. The Labute approximate surface area is 156 Å². The minimum atomic E-state index is -3.53. The third-order valence-electron chi connectivity index (χ3n) is 4.46. The van der Waals surface area contributed by atoms with Gasteiger partial charge in [0.25, 0.3) is 10.0 Å². The van der Waals surface area contributed by atoms with Crippen LogP contribution in [0.4, 0.5) is 5.69 Å². The molecule has 0 bridgehead atoms. The average Bonchev–Trinajstić information content (AvgIpc) is 3.07. The predicted octanol–water partition coefficient (Wildman–Crippen LogP) is 4.87. The first-order valence-corrected chi connectivity index (χ1v) is 10.3. The van der Waals surface area contributed by atoms with E-state index in [-0.39, 0.29) is 0 Å². The van der Waals surface area contributed by atoms with Crippen LogP contribution in [0.2, 0.25) is 0 Å². The first kappa shape index (κ1) is 16.4. The van der Waals surface area contributed by atoms with Gasteiger partial charge >= 0.3 is 0 Å². The second kappa shape index (κ2) is 6.32. The van der Waals surface area contributed by atoms with Gasteiger partial charge in [0.2, 0.25) is 0 Å². The van der Waals surface area contributed by atoms with E-state index in [0.717, 1.165) is 33.3 Å².